The predicted molar refractivity (Wildman–Crippen MR) is 223 cm³/mol. The molecule has 0 spiro atoms. The van der Waals surface area contributed by atoms with Crippen LogP contribution < -0.4 is 0 Å². The van der Waals surface area contributed by atoms with E-state index in [2.05, 4.69) is 231 Å². The van der Waals surface area contributed by atoms with E-state index in [0.717, 1.165) is 0 Å². The van der Waals surface area contributed by atoms with Crippen LogP contribution in [0.5, 0.6) is 0 Å². The normalized spacial score (nSPS) is 10.3. The van der Waals surface area contributed by atoms with Gasteiger partial charge in [0.15, 0.2) is 0 Å². The van der Waals surface area contributed by atoms with Crippen LogP contribution in [0.15, 0.2) is 231 Å². The second-order valence-electron chi connectivity index (χ2n) is 12.6. The lowest BCUT2D eigenvalue weighted by Crippen LogP contribution is -1.88. The Labute approximate surface area is 308 Å². The zero-order valence-corrected chi connectivity index (χ0v) is 29.1. The zero-order valence-electron chi connectivity index (χ0n) is 29.1. The van der Waals surface area contributed by atoms with Crippen LogP contribution in [-0.2, 0) is 0 Å². The van der Waals surface area contributed by atoms with Gasteiger partial charge in [0, 0.05) is 0 Å². The fraction of sp³-hybridized carbons (Fsp3) is 0. The van der Waals surface area contributed by atoms with Crippen molar-refractivity contribution in [1.29, 1.82) is 0 Å². The summed E-state index contributed by atoms with van der Waals surface area (Å²) in [5.74, 6) is 0. The lowest BCUT2D eigenvalue weighted by molar-refractivity contribution is 1.54. The monoisotopic (exact) mass is 664 g/mol. The molecule has 8 aromatic rings. The van der Waals surface area contributed by atoms with Crippen molar-refractivity contribution >= 4 is 23.3 Å². The van der Waals surface area contributed by atoms with Crippen molar-refractivity contribution in [1.82, 2.24) is 0 Å². The average Bonchev–Trinajstić information content (AvgIpc) is 3.24. The molecule has 0 nitrogen and oxygen atoms in total. The second-order valence-corrected chi connectivity index (χ2v) is 12.6. The lowest BCUT2D eigenvalue weighted by atomic mass is 9.94. The lowest BCUT2D eigenvalue weighted by Gasteiger charge is -2.10. The van der Waals surface area contributed by atoms with Gasteiger partial charge in [-0.1, -0.05) is 231 Å². The summed E-state index contributed by atoms with van der Waals surface area (Å²) in [6.07, 6.45) is 4.55. The highest BCUT2D eigenvalue weighted by molar-refractivity contribution is 5.92. The van der Waals surface area contributed by atoms with Crippen LogP contribution >= 0.6 is 0 Å². The van der Waals surface area contributed by atoms with Crippen molar-refractivity contribution in [3.05, 3.63) is 264 Å². The SMILES string of the molecule is C(=C(c1ccccc1)c1ccccc1)c1ccc(-c2ccc(C=C(c3ccccc3)c3ccccc3)cc2)cc1.c1ccc(-c2ccccc2)cc1. The molecule has 0 aliphatic rings. The Morgan fingerprint density at radius 1 is 0.212 bits per heavy atom. The minimum atomic E-state index is 1.18. The molecular weight excluding hydrogens is 625 g/mol. The van der Waals surface area contributed by atoms with Gasteiger partial charge in [-0.3, -0.25) is 0 Å². The summed E-state index contributed by atoms with van der Waals surface area (Å²) in [5.41, 5.74) is 14.6. The molecule has 0 fully saturated rings. The summed E-state index contributed by atoms with van der Waals surface area (Å²) in [7, 11) is 0. The molecule has 0 heteroatoms. The van der Waals surface area contributed by atoms with Crippen LogP contribution in [0.3, 0.4) is 0 Å². The summed E-state index contributed by atoms with van der Waals surface area (Å²) >= 11 is 0. The third kappa shape index (κ3) is 8.87. The maximum absolute atomic E-state index is 2.27. The van der Waals surface area contributed by atoms with Crippen LogP contribution in [0, 0.1) is 0 Å². The predicted octanol–water partition coefficient (Wildman–Crippen LogP) is 13.9. The molecule has 8 aromatic carbocycles. The third-order valence-corrected chi connectivity index (χ3v) is 9.00. The minimum absolute atomic E-state index is 1.18. The van der Waals surface area contributed by atoms with E-state index in [1.54, 1.807) is 0 Å². The van der Waals surface area contributed by atoms with Gasteiger partial charge in [-0.05, 0) is 78.9 Å². The molecule has 0 saturated carbocycles. The fourth-order valence-corrected chi connectivity index (χ4v) is 6.28. The quantitative estimate of drug-likeness (QED) is 0.142. The van der Waals surface area contributed by atoms with Gasteiger partial charge in [0.25, 0.3) is 0 Å². The van der Waals surface area contributed by atoms with Gasteiger partial charge in [-0.2, -0.15) is 0 Å². The Balaban J connectivity index is 0.000000295. The van der Waals surface area contributed by atoms with E-state index < -0.39 is 0 Å². The fourth-order valence-electron chi connectivity index (χ4n) is 6.28. The summed E-state index contributed by atoms with van der Waals surface area (Å²) in [6, 6.07) is 80.8. The van der Waals surface area contributed by atoms with Gasteiger partial charge >= 0.3 is 0 Å². The largest absolute Gasteiger partial charge is 0.0622 e. The minimum Gasteiger partial charge on any atom is -0.0622 e. The van der Waals surface area contributed by atoms with Crippen LogP contribution in [0.4, 0.5) is 0 Å². The molecule has 0 unspecified atom stereocenters. The zero-order chi connectivity index (χ0) is 35.2. The van der Waals surface area contributed by atoms with Crippen LogP contribution in [-0.4, -0.2) is 0 Å². The molecule has 0 bridgehead atoms. The van der Waals surface area contributed by atoms with Crippen molar-refractivity contribution in [2.24, 2.45) is 0 Å². The van der Waals surface area contributed by atoms with E-state index in [1.165, 1.54) is 66.8 Å². The first kappa shape index (κ1) is 33.7. The van der Waals surface area contributed by atoms with E-state index in [4.69, 9.17) is 0 Å². The Kier molecular flexibility index (Phi) is 11.2. The first-order chi connectivity index (χ1) is 25.8. The van der Waals surface area contributed by atoms with Gasteiger partial charge in [-0.25, -0.2) is 0 Å². The molecule has 0 saturated heterocycles. The van der Waals surface area contributed by atoms with E-state index in [0.29, 0.717) is 0 Å². The van der Waals surface area contributed by atoms with Crippen LogP contribution in [0.2, 0.25) is 0 Å². The standard InChI is InChI=1S/C40H30.C12H10/c1-5-13-35(14-6-1)39(36-15-7-2-8-16-36)29-31-21-25-33(26-22-31)34-27-23-32(24-28-34)30-40(37-17-9-3-10-18-37)38-19-11-4-12-20-38;1-3-7-11(8-4-1)12-9-5-2-6-10-12/h1-30H;1-10H. The highest BCUT2D eigenvalue weighted by atomic mass is 14.1. The van der Waals surface area contributed by atoms with Crippen LogP contribution in [0.1, 0.15) is 33.4 Å². The number of rotatable bonds is 8. The molecule has 0 aliphatic heterocycles. The smallest absolute Gasteiger partial charge is 0.0105 e. The molecule has 52 heavy (non-hydrogen) atoms. The molecule has 0 aliphatic carbocycles. The first-order valence-electron chi connectivity index (χ1n) is 17.8. The summed E-state index contributed by atoms with van der Waals surface area (Å²) < 4.78 is 0. The van der Waals surface area contributed by atoms with Gasteiger partial charge < -0.3 is 0 Å². The topological polar surface area (TPSA) is 0 Å². The summed E-state index contributed by atoms with van der Waals surface area (Å²) in [4.78, 5) is 0. The molecule has 0 aromatic heterocycles. The molecule has 8 rings (SSSR count). The highest BCUT2D eigenvalue weighted by Crippen LogP contribution is 2.29. The molecular formula is C52H40. The van der Waals surface area contributed by atoms with E-state index >= 15 is 0 Å². The molecule has 0 atom stereocenters. The Morgan fingerprint density at radius 3 is 0.673 bits per heavy atom. The molecule has 0 radical (unpaired) electrons. The van der Waals surface area contributed by atoms with Gasteiger partial charge in [0.1, 0.15) is 0 Å². The first-order valence-corrected chi connectivity index (χ1v) is 17.8. The molecule has 0 amide bonds. The van der Waals surface area contributed by atoms with E-state index in [9.17, 15) is 0 Å². The van der Waals surface area contributed by atoms with E-state index in [1.807, 2.05) is 12.1 Å². The maximum Gasteiger partial charge on any atom is -0.0105 e. The summed E-state index contributed by atoms with van der Waals surface area (Å²) in [5, 5.41) is 0. The second kappa shape index (κ2) is 17.3. The van der Waals surface area contributed by atoms with Gasteiger partial charge in [-0.15, -0.1) is 0 Å². The number of hydrogen-bond acceptors (Lipinski definition) is 0. The Bertz CT molecular complexity index is 2050. The summed E-state index contributed by atoms with van der Waals surface area (Å²) in [6.45, 7) is 0. The number of hydrogen-bond donors (Lipinski definition) is 0. The average molecular weight is 665 g/mol. The Morgan fingerprint density at radius 2 is 0.423 bits per heavy atom. The van der Waals surface area contributed by atoms with Crippen molar-refractivity contribution in [2.45, 2.75) is 0 Å². The number of benzene rings is 8. The van der Waals surface area contributed by atoms with Gasteiger partial charge in [0.05, 0.1) is 0 Å². The molecule has 0 N–H and O–H groups in total. The van der Waals surface area contributed by atoms with Crippen LogP contribution in [0.25, 0.3) is 45.6 Å². The van der Waals surface area contributed by atoms with Crippen molar-refractivity contribution in [2.75, 3.05) is 0 Å². The van der Waals surface area contributed by atoms with Crippen molar-refractivity contribution < 1.29 is 0 Å². The highest BCUT2D eigenvalue weighted by Gasteiger charge is 2.07. The Hall–Kier alpha value is -6.76. The van der Waals surface area contributed by atoms with Crippen molar-refractivity contribution in [3.63, 3.8) is 0 Å². The third-order valence-electron chi connectivity index (χ3n) is 9.00. The maximum atomic E-state index is 2.27. The van der Waals surface area contributed by atoms with Gasteiger partial charge in [0.2, 0.25) is 0 Å². The molecule has 248 valence electrons. The molecule has 0 heterocycles. The van der Waals surface area contributed by atoms with Crippen molar-refractivity contribution in [3.8, 4) is 22.3 Å². The van der Waals surface area contributed by atoms with E-state index in [-0.39, 0.29) is 0 Å².